The molecular weight excluding hydrogens is 380 g/mol. The molecule has 29 heavy (non-hydrogen) atoms. The van der Waals surface area contributed by atoms with Gasteiger partial charge in [0.25, 0.3) is 5.91 Å². The van der Waals surface area contributed by atoms with Gasteiger partial charge in [-0.05, 0) is 37.3 Å². The van der Waals surface area contributed by atoms with E-state index in [0.717, 1.165) is 5.56 Å². The maximum absolute atomic E-state index is 11.9. The van der Waals surface area contributed by atoms with E-state index in [-0.39, 0.29) is 6.79 Å². The van der Waals surface area contributed by atoms with E-state index >= 15 is 0 Å². The Kier molecular flexibility index (Phi) is 6.51. The highest BCUT2D eigenvalue weighted by molar-refractivity contribution is 5.99. The van der Waals surface area contributed by atoms with Gasteiger partial charge in [-0.3, -0.25) is 4.79 Å². The first-order valence-electron chi connectivity index (χ1n) is 8.71. The van der Waals surface area contributed by atoms with Gasteiger partial charge >= 0.3 is 5.97 Å². The number of rotatable bonds is 8. The molecule has 1 aliphatic heterocycles. The highest BCUT2D eigenvalue weighted by Crippen LogP contribution is 2.32. The Morgan fingerprint density at radius 3 is 2.76 bits per heavy atom. The number of methoxy groups -OCH3 is 1. The van der Waals surface area contributed by atoms with Gasteiger partial charge in [-0.25, -0.2) is 4.79 Å². The molecule has 0 atom stereocenters. The third-order valence-electron chi connectivity index (χ3n) is 3.89. The van der Waals surface area contributed by atoms with Crippen molar-refractivity contribution < 1.29 is 33.4 Å². The second kappa shape index (κ2) is 9.45. The molecule has 3 rings (SSSR count). The number of ether oxygens (including phenoxy) is 4. The molecule has 0 aliphatic carbocycles. The Labute approximate surface area is 167 Å². The van der Waals surface area contributed by atoms with Crippen molar-refractivity contribution in [1.29, 1.82) is 0 Å². The van der Waals surface area contributed by atoms with E-state index in [1.165, 1.54) is 7.11 Å². The molecule has 0 saturated carbocycles. The van der Waals surface area contributed by atoms with Crippen LogP contribution in [0.3, 0.4) is 0 Å². The smallest absolute Gasteiger partial charge is 0.347 e. The van der Waals surface area contributed by atoms with E-state index in [1.54, 1.807) is 49.4 Å². The molecule has 0 saturated heterocycles. The van der Waals surface area contributed by atoms with Gasteiger partial charge in [0, 0.05) is 17.3 Å². The standard InChI is InChI=1S/C20H20N2O7/c1-13(14-6-7-17-18(8-14)28-12-27-17)22-29-11-20(24)26-10-19(23)21-15-4-3-5-16(9-15)25-2/h3-9H,10-12H2,1-2H3,(H,21,23)/b22-13+. The lowest BCUT2D eigenvalue weighted by Crippen LogP contribution is -2.22. The molecule has 0 unspecified atom stereocenters. The molecule has 152 valence electrons. The number of nitrogens with one attached hydrogen (secondary N) is 1. The Morgan fingerprint density at radius 1 is 1.10 bits per heavy atom. The van der Waals surface area contributed by atoms with Crippen molar-refractivity contribution in [3.05, 3.63) is 48.0 Å². The summed E-state index contributed by atoms with van der Waals surface area (Å²) in [4.78, 5) is 28.6. The van der Waals surface area contributed by atoms with Crippen LogP contribution < -0.4 is 19.5 Å². The summed E-state index contributed by atoms with van der Waals surface area (Å²) in [5.74, 6) is 0.695. The number of hydrogen-bond donors (Lipinski definition) is 1. The molecule has 1 N–H and O–H groups in total. The highest BCUT2D eigenvalue weighted by atomic mass is 16.7. The molecule has 9 nitrogen and oxygen atoms in total. The predicted molar refractivity (Wildman–Crippen MR) is 103 cm³/mol. The largest absolute Gasteiger partial charge is 0.497 e. The summed E-state index contributed by atoms with van der Waals surface area (Å²) in [7, 11) is 1.53. The Bertz CT molecular complexity index is 927. The molecule has 9 heteroatoms. The SMILES string of the molecule is COc1cccc(NC(=O)COC(=O)CO/N=C(\C)c2ccc3c(c2)OCO3)c1. The Hall–Kier alpha value is -3.75. The van der Waals surface area contributed by atoms with Crippen LogP contribution in [0.4, 0.5) is 5.69 Å². The molecular formula is C20H20N2O7. The fourth-order valence-electron chi connectivity index (χ4n) is 2.44. The van der Waals surface area contributed by atoms with Gasteiger partial charge < -0.3 is 29.1 Å². The fraction of sp³-hybridized carbons (Fsp3) is 0.250. The zero-order valence-electron chi connectivity index (χ0n) is 16.0. The Morgan fingerprint density at radius 2 is 1.93 bits per heavy atom. The predicted octanol–water partition coefficient (Wildman–Crippen LogP) is 2.35. The van der Waals surface area contributed by atoms with Gasteiger partial charge in [-0.2, -0.15) is 0 Å². The van der Waals surface area contributed by atoms with Crippen LogP contribution in [0.25, 0.3) is 0 Å². The van der Waals surface area contributed by atoms with Crippen LogP contribution >= 0.6 is 0 Å². The minimum absolute atomic E-state index is 0.183. The lowest BCUT2D eigenvalue weighted by molar-refractivity contribution is -0.151. The summed E-state index contributed by atoms with van der Waals surface area (Å²) in [6, 6.07) is 12.2. The van der Waals surface area contributed by atoms with Crippen LogP contribution in [0, 0.1) is 0 Å². The van der Waals surface area contributed by atoms with Gasteiger partial charge in [0.1, 0.15) is 5.75 Å². The molecule has 0 bridgehead atoms. The maximum atomic E-state index is 11.9. The fourth-order valence-corrected chi connectivity index (χ4v) is 2.44. The normalized spacial score (nSPS) is 12.3. The zero-order valence-corrected chi connectivity index (χ0v) is 16.0. The summed E-state index contributed by atoms with van der Waals surface area (Å²) in [6.45, 7) is 1.05. The number of anilines is 1. The van der Waals surface area contributed by atoms with E-state index in [2.05, 4.69) is 10.5 Å². The Balaban J connectivity index is 1.41. The monoisotopic (exact) mass is 400 g/mol. The van der Waals surface area contributed by atoms with Gasteiger partial charge in [0.2, 0.25) is 13.4 Å². The number of fused-ring (bicyclic) bond motifs is 1. The number of hydrogen-bond acceptors (Lipinski definition) is 8. The minimum atomic E-state index is -0.715. The number of carbonyl (C=O) groups excluding carboxylic acids is 2. The number of amides is 1. The number of esters is 1. The van der Waals surface area contributed by atoms with Crippen molar-refractivity contribution >= 4 is 23.3 Å². The van der Waals surface area contributed by atoms with Crippen LogP contribution in [0.1, 0.15) is 12.5 Å². The second-order valence-electron chi connectivity index (χ2n) is 5.96. The lowest BCUT2D eigenvalue weighted by atomic mass is 10.1. The van der Waals surface area contributed by atoms with Crippen molar-refractivity contribution in [2.75, 3.05) is 32.4 Å². The molecule has 2 aromatic carbocycles. The molecule has 0 radical (unpaired) electrons. The van der Waals surface area contributed by atoms with Crippen LogP contribution in [0.5, 0.6) is 17.2 Å². The molecule has 0 fully saturated rings. The summed E-state index contributed by atoms with van der Waals surface area (Å²) >= 11 is 0. The van der Waals surface area contributed by atoms with E-state index in [1.807, 2.05) is 0 Å². The molecule has 0 aromatic heterocycles. The van der Waals surface area contributed by atoms with Crippen LogP contribution in [0.2, 0.25) is 0 Å². The summed E-state index contributed by atoms with van der Waals surface area (Å²) in [5, 5.41) is 6.48. The molecule has 1 heterocycles. The third kappa shape index (κ3) is 5.61. The number of carbonyl (C=O) groups is 2. The van der Waals surface area contributed by atoms with Crippen molar-refractivity contribution in [3.8, 4) is 17.2 Å². The summed E-state index contributed by atoms with van der Waals surface area (Å²) < 4.78 is 20.5. The molecule has 1 amide bonds. The quantitative estimate of drug-likeness (QED) is 0.412. The highest BCUT2D eigenvalue weighted by Gasteiger charge is 2.14. The molecule has 0 spiro atoms. The van der Waals surface area contributed by atoms with Crippen LogP contribution in [0.15, 0.2) is 47.6 Å². The van der Waals surface area contributed by atoms with Crippen molar-refractivity contribution in [3.63, 3.8) is 0 Å². The minimum Gasteiger partial charge on any atom is -0.497 e. The number of benzene rings is 2. The van der Waals surface area contributed by atoms with Crippen LogP contribution in [-0.2, 0) is 19.2 Å². The van der Waals surface area contributed by atoms with Gasteiger partial charge in [0.15, 0.2) is 18.1 Å². The molecule has 1 aliphatic rings. The van der Waals surface area contributed by atoms with Gasteiger partial charge in [-0.1, -0.05) is 11.2 Å². The van der Waals surface area contributed by atoms with E-state index in [9.17, 15) is 9.59 Å². The zero-order chi connectivity index (χ0) is 20.6. The first kappa shape index (κ1) is 20.0. The first-order valence-corrected chi connectivity index (χ1v) is 8.71. The first-order chi connectivity index (χ1) is 14.0. The van der Waals surface area contributed by atoms with Crippen LogP contribution in [-0.4, -0.2) is 44.7 Å². The average molecular weight is 400 g/mol. The second-order valence-corrected chi connectivity index (χ2v) is 5.96. The van der Waals surface area contributed by atoms with Crippen molar-refractivity contribution in [1.82, 2.24) is 0 Å². The lowest BCUT2D eigenvalue weighted by Gasteiger charge is -2.08. The van der Waals surface area contributed by atoms with E-state index < -0.39 is 25.1 Å². The number of oxime groups is 1. The maximum Gasteiger partial charge on any atom is 0.347 e. The van der Waals surface area contributed by atoms with Gasteiger partial charge in [0.05, 0.1) is 12.8 Å². The van der Waals surface area contributed by atoms with E-state index in [4.69, 9.17) is 23.8 Å². The summed E-state index contributed by atoms with van der Waals surface area (Å²) in [6.07, 6.45) is 0. The average Bonchev–Trinajstić information content (AvgIpc) is 3.20. The third-order valence-corrected chi connectivity index (χ3v) is 3.89. The van der Waals surface area contributed by atoms with Crippen molar-refractivity contribution in [2.45, 2.75) is 6.92 Å². The van der Waals surface area contributed by atoms with Gasteiger partial charge in [-0.15, -0.1) is 0 Å². The number of nitrogens with zero attached hydrogens (tertiary/aromatic N) is 1. The summed E-state index contributed by atoms with van der Waals surface area (Å²) in [5.41, 5.74) is 1.85. The topological polar surface area (TPSA) is 105 Å². The molecule has 2 aromatic rings. The van der Waals surface area contributed by atoms with E-state index in [0.29, 0.717) is 28.6 Å². The van der Waals surface area contributed by atoms with Crippen molar-refractivity contribution in [2.24, 2.45) is 5.16 Å².